The van der Waals surface area contributed by atoms with Crippen LogP contribution in [0.25, 0.3) is 22.2 Å². The summed E-state index contributed by atoms with van der Waals surface area (Å²) in [6, 6.07) is 25.6. The number of aromatic nitrogens is 2. The maximum absolute atomic E-state index is 11.3. The molecule has 2 heterocycles. The molecule has 0 aliphatic rings. The van der Waals surface area contributed by atoms with Crippen molar-refractivity contribution in [3.63, 3.8) is 0 Å². The molecule has 0 amide bonds. The summed E-state index contributed by atoms with van der Waals surface area (Å²) in [4.78, 5) is 9.25. The predicted octanol–water partition coefficient (Wildman–Crippen LogP) is 6.03. The van der Waals surface area contributed by atoms with E-state index in [9.17, 15) is 8.42 Å². The van der Waals surface area contributed by atoms with E-state index in [0.29, 0.717) is 13.1 Å². The molecule has 0 saturated heterocycles. The molecule has 2 aromatic heterocycles. The van der Waals surface area contributed by atoms with Crippen molar-refractivity contribution >= 4 is 43.5 Å². The number of fused-ring (bicyclic) bond motifs is 1. The lowest BCUT2D eigenvalue weighted by atomic mass is 10.1. The molecule has 0 fully saturated rings. The van der Waals surface area contributed by atoms with E-state index in [1.165, 1.54) is 6.26 Å². The first-order valence-corrected chi connectivity index (χ1v) is 14.7. The van der Waals surface area contributed by atoms with Crippen molar-refractivity contribution in [2.24, 2.45) is 0 Å². The number of nitrogens with one attached hydrogen (secondary N) is 2. The van der Waals surface area contributed by atoms with Crippen LogP contribution in [0.15, 0.2) is 90.4 Å². The summed E-state index contributed by atoms with van der Waals surface area (Å²) in [7, 11) is -2.98. The summed E-state index contributed by atoms with van der Waals surface area (Å²) in [6.45, 7) is 0.940. The summed E-state index contributed by atoms with van der Waals surface area (Å²) in [6.07, 6.45) is 3.03. The van der Waals surface area contributed by atoms with Crippen LogP contribution >= 0.6 is 11.3 Å². The fraction of sp³-hybridized carbons (Fsp3) is 0.143. The van der Waals surface area contributed by atoms with E-state index in [2.05, 4.69) is 21.7 Å². The highest BCUT2D eigenvalue weighted by Gasteiger charge is 2.09. The Morgan fingerprint density at radius 3 is 2.51 bits per heavy atom. The van der Waals surface area contributed by atoms with Gasteiger partial charge in [0.15, 0.2) is 0 Å². The number of benzene rings is 3. The quantitative estimate of drug-likeness (QED) is 0.213. The van der Waals surface area contributed by atoms with Crippen LogP contribution in [0.4, 0.5) is 11.4 Å². The second-order valence-corrected chi connectivity index (χ2v) is 11.8. The minimum absolute atomic E-state index is 0.113. The zero-order valence-corrected chi connectivity index (χ0v) is 21.9. The van der Waals surface area contributed by atoms with E-state index in [-0.39, 0.29) is 5.75 Å². The molecule has 0 bridgehead atoms. The SMILES string of the molecule is CS(=O)(=O)CCNCc1nc(-c2ccc3nccc(Nc4ccc(Oc5ccccc5)cc4)c3c2)cs1. The van der Waals surface area contributed by atoms with Crippen LogP contribution in [-0.2, 0) is 16.4 Å². The first-order chi connectivity index (χ1) is 17.9. The molecule has 188 valence electrons. The van der Waals surface area contributed by atoms with Gasteiger partial charge >= 0.3 is 0 Å². The maximum atomic E-state index is 11.3. The van der Waals surface area contributed by atoms with Gasteiger partial charge in [0, 0.05) is 53.2 Å². The second kappa shape index (κ2) is 11.1. The second-order valence-electron chi connectivity index (χ2n) is 8.59. The number of para-hydroxylation sites is 1. The normalized spacial score (nSPS) is 11.5. The van der Waals surface area contributed by atoms with Crippen LogP contribution in [0.2, 0.25) is 0 Å². The highest BCUT2D eigenvalue weighted by atomic mass is 32.2. The molecule has 3 aromatic carbocycles. The largest absolute Gasteiger partial charge is 0.457 e. The zero-order valence-electron chi connectivity index (χ0n) is 20.2. The van der Waals surface area contributed by atoms with E-state index in [4.69, 9.17) is 9.72 Å². The standard InChI is InChI=1S/C28H26N4O3S2/c1-37(33,34)16-15-29-18-28-32-27(19-36-28)20-7-12-25-24(17-20)26(13-14-30-25)31-21-8-10-23(11-9-21)35-22-5-3-2-4-6-22/h2-14,17,19,29H,15-16,18H2,1H3,(H,30,31). The van der Waals surface area contributed by atoms with Crippen molar-refractivity contribution in [3.05, 3.63) is 95.4 Å². The van der Waals surface area contributed by atoms with Crippen molar-refractivity contribution in [2.75, 3.05) is 23.9 Å². The molecular formula is C28H26N4O3S2. The van der Waals surface area contributed by atoms with E-state index in [0.717, 1.165) is 50.0 Å². The van der Waals surface area contributed by atoms with Crippen LogP contribution in [-0.4, -0.2) is 36.9 Å². The number of hydrogen-bond acceptors (Lipinski definition) is 8. The third kappa shape index (κ3) is 6.71. The van der Waals surface area contributed by atoms with Gasteiger partial charge in [-0.15, -0.1) is 11.3 Å². The number of ether oxygens (including phenoxy) is 1. The first-order valence-electron chi connectivity index (χ1n) is 11.7. The number of pyridine rings is 1. The fourth-order valence-electron chi connectivity index (χ4n) is 3.78. The van der Waals surface area contributed by atoms with Crippen molar-refractivity contribution < 1.29 is 13.2 Å². The van der Waals surface area contributed by atoms with Crippen LogP contribution in [0, 0.1) is 0 Å². The molecule has 0 aliphatic carbocycles. The molecule has 37 heavy (non-hydrogen) atoms. The zero-order chi connectivity index (χ0) is 25.7. The molecule has 0 unspecified atom stereocenters. The Kier molecular flexibility index (Phi) is 7.45. The van der Waals surface area contributed by atoms with E-state index < -0.39 is 9.84 Å². The topological polar surface area (TPSA) is 93.2 Å². The molecule has 2 N–H and O–H groups in total. The van der Waals surface area contributed by atoms with Crippen LogP contribution < -0.4 is 15.4 Å². The van der Waals surface area contributed by atoms with Gasteiger partial charge < -0.3 is 15.4 Å². The molecule has 0 atom stereocenters. The molecule has 0 saturated carbocycles. The van der Waals surface area contributed by atoms with E-state index >= 15 is 0 Å². The Hall–Kier alpha value is -3.79. The van der Waals surface area contributed by atoms with Gasteiger partial charge in [-0.05, 0) is 54.6 Å². The highest BCUT2D eigenvalue weighted by molar-refractivity contribution is 7.90. The van der Waals surface area contributed by atoms with Gasteiger partial charge in [0.1, 0.15) is 26.3 Å². The number of sulfone groups is 1. The van der Waals surface area contributed by atoms with Gasteiger partial charge in [-0.3, -0.25) is 4.98 Å². The summed E-state index contributed by atoms with van der Waals surface area (Å²) < 4.78 is 28.5. The maximum Gasteiger partial charge on any atom is 0.148 e. The number of thiazole rings is 1. The monoisotopic (exact) mass is 530 g/mol. The Bertz CT molecular complexity index is 1600. The lowest BCUT2D eigenvalue weighted by molar-refractivity contribution is 0.483. The molecule has 9 heteroatoms. The smallest absolute Gasteiger partial charge is 0.148 e. The average Bonchev–Trinajstić information content (AvgIpc) is 3.37. The Morgan fingerprint density at radius 2 is 1.73 bits per heavy atom. The van der Waals surface area contributed by atoms with Gasteiger partial charge in [-0.2, -0.15) is 0 Å². The Morgan fingerprint density at radius 1 is 0.946 bits per heavy atom. The lowest BCUT2D eigenvalue weighted by Gasteiger charge is -2.11. The number of hydrogen-bond donors (Lipinski definition) is 2. The van der Waals surface area contributed by atoms with E-state index in [1.54, 1.807) is 17.5 Å². The first kappa shape index (κ1) is 24.9. The van der Waals surface area contributed by atoms with Gasteiger partial charge in [0.25, 0.3) is 0 Å². The van der Waals surface area contributed by atoms with Crippen molar-refractivity contribution in [1.29, 1.82) is 0 Å². The lowest BCUT2D eigenvalue weighted by Crippen LogP contribution is -2.21. The summed E-state index contributed by atoms with van der Waals surface area (Å²) in [5, 5.41) is 10.6. The Labute approximate surface area is 220 Å². The van der Waals surface area contributed by atoms with Gasteiger partial charge in [0.2, 0.25) is 0 Å². The number of nitrogens with zero attached hydrogens (tertiary/aromatic N) is 2. The minimum atomic E-state index is -2.98. The molecule has 5 aromatic rings. The molecular weight excluding hydrogens is 504 g/mol. The van der Waals surface area contributed by atoms with Crippen molar-refractivity contribution in [1.82, 2.24) is 15.3 Å². The minimum Gasteiger partial charge on any atom is -0.457 e. The molecule has 0 spiro atoms. The number of anilines is 2. The van der Waals surface area contributed by atoms with Crippen molar-refractivity contribution in [3.8, 4) is 22.8 Å². The summed E-state index contributed by atoms with van der Waals surface area (Å²) >= 11 is 1.55. The van der Waals surface area contributed by atoms with Crippen LogP contribution in [0.1, 0.15) is 5.01 Å². The van der Waals surface area contributed by atoms with Crippen molar-refractivity contribution in [2.45, 2.75) is 6.54 Å². The third-order valence-electron chi connectivity index (χ3n) is 5.63. The van der Waals surface area contributed by atoms with Gasteiger partial charge in [0.05, 0.1) is 17.0 Å². The highest BCUT2D eigenvalue weighted by Crippen LogP contribution is 2.31. The van der Waals surface area contributed by atoms with Crippen LogP contribution in [0.3, 0.4) is 0 Å². The molecule has 0 radical (unpaired) electrons. The Balaban J connectivity index is 1.30. The van der Waals surface area contributed by atoms with Gasteiger partial charge in [-0.1, -0.05) is 24.3 Å². The molecule has 7 nitrogen and oxygen atoms in total. The third-order valence-corrected chi connectivity index (χ3v) is 7.42. The number of rotatable bonds is 10. The molecule has 0 aliphatic heterocycles. The van der Waals surface area contributed by atoms with Crippen LogP contribution in [0.5, 0.6) is 11.5 Å². The predicted molar refractivity (Wildman–Crippen MR) is 151 cm³/mol. The fourth-order valence-corrected chi connectivity index (χ4v) is 5.07. The average molecular weight is 531 g/mol. The summed E-state index contributed by atoms with van der Waals surface area (Å²) in [5.74, 6) is 1.68. The van der Waals surface area contributed by atoms with E-state index in [1.807, 2.05) is 78.2 Å². The molecule has 5 rings (SSSR count). The summed E-state index contributed by atoms with van der Waals surface area (Å²) in [5.41, 5.74) is 4.64. The van der Waals surface area contributed by atoms with Gasteiger partial charge in [-0.25, -0.2) is 13.4 Å².